The van der Waals surface area contributed by atoms with Crippen LogP contribution in [0.2, 0.25) is 0 Å². The minimum absolute atomic E-state index is 0.261. The first-order valence-electron chi connectivity index (χ1n) is 43.7. The Morgan fingerprint density at radius 3 is 1.01 bits per heavy atom. The standard InChI is InChI=1S/C81H120N6O50/c1-24(96)82-44-53(106)64(38(18-92)122-71(44)87-43(100)13-33(72(117)118)86-81(119)121-22-32-30-11-7-5-9-28(30)29-10-6-8-12-31(29)32)131-73-45(83-25(2)97)54(107)67(41(21-95)127-73)134-78-63(116)68(135-80-70(60(113)51(104)37(17-91)126-80)137-75-47(85-27(4)99)56(109)66(40(20-94)129-75)133-77-62(115)58(111)49(102)35(15-89)124-77)52(105)42(130-78)23-120-79-69(59(112)50(103)36(16-90)125-79)136-74-46(84-26(3)98)55(108)65(39(19-93)128-74)132-76-61(114)57(110)48(101)34(14-88)123-76/h5-12,32-42,44-71,73-80,88-95,101-116H,13-23H2,1-4H3,(H,82,96)(H,83,97)(H,84,98)(H,85,99)(H,86,119)(H,87,100)(H,117,118)/t33-,34+,35+,36+,37+,38+,39+,40+,41+,42+,44+,45+,46+,47+,48-,49-,50+,51+,52+,53+,54+,55+,56+,57-,58-,59-,60-,61+,62+,63-,64+,65+,66+,67+,68-,69-,70-,71+,73-,74-,75-,76-,77-,78-,79-,80+/m0/s1. The highest BCUT2D eigenvalue weighted by Crippen LogP contribution is 2.46. The van der Waals surface area contributed by atoms with Crippen molar-refractivity contribution in [2.45, 2.75) is 322 Å². The number of hydrogen-bond donors (Lipinski definition) is 31. The minimum Gasteiger partial charge on any atom is -0.480 e. The molecule has 2 aromatic carbocycles. The molecule has 46 atom stereocenters. The van der Waals surface area contributed by atoms with Crippen LogP contribution in [-0.4, -0.2) is 517 Å². The molecule has 9 saturated heterocycles. The molecule has 9 heterocycles. The number of carbonyl (C=O) groups is 7. The number of amides is 6. The van der Waals surface area contributed by atoms with Gasteiger partial charge in [0.15, 0.2) is 56.5 Å². The molecule has 774 valence electrons. The van der Waals surface area contributed by atoms with Gasteiger partial charge in [-0.05, 0) is 22.3 Å². The predicted molar refractivity (Wildman–Crippen MR) is 434 cm³/mol. The molecule has 56 nitrogen and oxygen atoms in total. The normalized spacial score (nSPS) is 42.6. The number of hydrogen-bond acceptors (Lipinski definition) is 49. The monoisotopic (exact) mass is 1980 g/mol. The summed E-state index contributed by atoms with van der Waals surface area (Å²) in [6.07, 6.45) is -90.0. The Morgan fingerprint density at radius 1 is 0.307 bits per heavy atom. The van der Waals surface area contributed by atoms with E-state index >= 15 is 0 Å². The first kappa shape index (κ1) is 109. The van der Waals surface area contributed by atoms with E-state index in [2.05, 4.69) is 31.9 Å². The minimum atomic E-state index is -2.65. The SMILES string of the molecule is CC(=O)N[C@@H]1[C@@H](O)[C@H](O[C@@H]2O[C@H](CO)[C@@H](O[C@@H]3O[C@H](CO[C@H]4O[C@H](CO)[C@@H](O)[C@H](O)[C@@H]4O[C@@H]4O[C@H](CO)[C@@H](O[C@@H]5O[C@H](CO)[C@H](O)[C@H](O)[C@H]5O)[C@H](O)[C@H]4NC(C)=O)[C@@H](O)[C@H](O[C@H]4O[C@H](CO)[C@@H](O)[C@H](O)[C@@H]4O[C@@H]4O[C@H](CO)[C@@H](O[C@@H]5O[C@H](CO)[C@H](O)[C@H](O)[C@H]5O)[C@H](O)[C@H]4NC(C)=O)[C@@H]3O)[C@H](O)[C@H]2NC(C)=O)[C@@H](CO)O[C@H]1NC(=O)C[C@H](NC(=O)OCC1c2ccccc2-c2ccccc21)C(=O)O. The molecule has 1 aliphatic carbocycles. The van der Waals surface area contributed by atoms with Crippen LogP contribution >= 0.6 is 0 Å². The Kier molecular flexibility index (Phi) is 38.0. The van der Waals surface area contributed by atoms with E-state index in [0.717, 1.165) is 49.9 Å². The number of aliphatic hydroxyl groups excluding tert-OH is 24. The topological polar surface area (TPSA) is 864 Å². The molecule has 9 aliphatic heterocycles. The Hall–Kier alpha value is -7.11. The molecule has 0 spiro atoms. The van der Waals surface area contributed by atoms with Crippen molar-refractivity contribution >= 4 is 41.6 Å². The lowest BCUT2D eigenvalue weighted by atomic mass is 9.93. The number of ether oxygens (including phenoxy) is 18. The van der Waals surface area contributed by atoms with Crippen molar-refractivity contribution < 1.29 is 246 Å². The summed E-state index contributed by atoms with van der Waals surface area (Å²) in [7, 11) is 0. The number of aliphatic carboxylic acids is 1. The second-order valence-electron chi connectivity index (χ2n) is 34.3. The van der Waals surface area contributed by atoms with E-state index in [4.69, 9.17) is 85.3 Å². The number of alkyl carbamates (subject to hydrolysis) is 1. The molecule has 9 fully saturated rings. The van der Waals surface area contributed by atoms with Gasteiger partial charge in [-0.3, -0.25) is 24.0 Å². The third kappa shape index (κ3) is 24.2. The summed E-state index contributed by atoms with van der Waals surface area (Å²) in [6.45, 7) is -6.91. The lowest BCUT2D eigenvalue weighted by molar-refractivity contribution is -0.398. The molecule has 6 amide bonds. The molecule has 0 saturated carbocycles. The van der Waals surface area contributed by atoms with Crippen molar-refractivity contribution in [2.75, 3.05) is 66.1 Å². The summed E-state index contributed by atoms with van der Waals surface area (Å²) in [6, 6.07) is 4.83. The highest BCUT2D eigenvalue weighted by molar-refractivity contribution is 5.87. The summed E-state index contributed by atoms with van der Waals surface area (Å²) in [5.41, 5.74) is 3.41. The van der Waals surface area contributed by atoms with Gasteiger partial charge >= 0.3 is 12.1 Å². The molecule has 56 heteroatoms. The highest BCUT2D eigenvalue weighted by Gasteiger charge is 2.62. The molecular weight excluding hydrogens is 1860 g/mol. The number of carbonyl (C=O) groups excluding carboxylic acids is 6. The van der Waals surface area contributed by atoms with Crippen LogP contribution in [0.5, 0.6) is 0 Å². The van der Waals surface area contributed by atoms with Gasteiger partial charge in [0, 0.05) is 33.6 Å². The fraction of sp³-hybridized carbons (Fsp3) is 0.765. The van der Waals surface area contributed by atoms with E-state index in [9.17, 15) is 161 Å². The maximum absolute atomic E-state index is 13.9. The number of nitrogens with one attached hydrogen (secondary N) is 6. The molecule has 0 aromatic heterocycles. The summed E-state index contributed by atoms with van der Waals surface area (Å²) < 4.78 is 108. The number of rotatable bonds is 36. The quantitative estimate of drug-likeness (QED) is 0.0301. The van der Waals surface area contributed by atoms with E-state index in [1.54, 1.807) is 12.1 Å². The van der Waals surface area contributed by atoms with Gasteiger partial charge in [0.25, 0.3) is 0 Å². The average molecular weight is 1980 g/mol. The molecule has 10 aliphatic rings. The predicted octanol–water partition coefficient (Wildman–Crippen LogP) is -17.5. The summed E-state index contributed by atoms with van der Waals surface area (Å²) in [5, 5.41) is 295. The van der Waals surface area contributed by atoms with Crippen LogP contribution in [0.1, 0.15) is 51.2 Å². The lowest BCUT2D eigenvalue weighted by Gasteiger charge is -2.51. The maximum atomic E-state index is 13.9. The Labute approximate surface area is 776 Å². The smallest absolute Gasteiger partial charge is 0.407 e. The largest absolute Gasteiger partial charge is 0.480 e. The van der Waals surface area contributed by atoms with Gasteiger partial charge in [-0.2, -0.15) is 0 Å². The van der Waals surface area contributed by atoms with Crippen LogP contribution in [-0.2, 0) is 114 Å². The van der Waals surface area contributed by atoms with Gasteiger partial charge < -0.3 is 245 Å². The van der Waals surface area contributed by atoms with Crippen molar-refractivity contribution in [3.05, 3.63) is 59.7 Å². The second-order valence-corrected chi connectivity index (χ2v) is 34.3. The van der Waals surface area contributed by atoms with E-state index < -0.39 is 395 Å². The number of aliphatic hydroxyl groups is 24. The van der Waals surface area contributed by atoms with Crippen molar-refractivity contribution in [3.8, 4) is 11.1 Å². The van der Waals surface area contributed by atoms with Crippen LogP contribution < -0.4 is 31.9 Å². The number of benzene rings is 2. The van der Waals surface area contributed by atoms with Crippen molar-refractivity contribution in [2.24, 2.45) is 0 Å². The van der Waals surface area contributed by atoms with Gasteiger partial charge in [0.05, 0.1) is 65.9 Å². The summed E-state index contributed by atoms with van der Waals surface area (Å²) >= 11 is 0. The lowest BCUT2D eigenvalue weighted by Crippen LogP contribution is -2.72. The zero-order valence-electron chi connectivity index (χ0n) is 73.4. The molecule has 0 radical (unpaired) electrons. The maximum Gasteiger partial charge on any atom is 0.407 e. The zero-order valence-corrected chi connectivity index (χ0v) is 73.4. The van der Waals surface area contributed by atoms with E-state index in [1.165, 1.54) is 0 Å². The summed E-state index contributed by atoms with van der Waals surface area (Å²) in [5.74, 6) is -7.28. The van der Waals surface area contributed by atoms with Crippen LogP contribution in [0.4, 0.5) is 4.79 Å². The molecular formula is C81H120N6O50. The molecule has 12 rings (SSSR count). The Bertz CT molecular complexity index is 4250. The third-order valence-corrected chi connectivity index (χ3v) is 25.0. The van der Waals surface area contributed by atoms with E-state index in [1.807, 2.05) is 36.4 Å². The Balaban J connectivity index is 0.821. The average Bonchev–Trinajstić information content (AvgIpc) is 1.59. The molecule has 137 heavy (non-hydrogen) atoms. The summed E-state index contributed by atoms with van der Waals surface area (Å²) in [4.78, 5) is 92.2. The second kappa shape index (κ2) is 47.9. The Morgan fingerprint density at radius 2 is 0.620 bits per heavy atom. The van der Waals surface area contributed by atoms with Crippen LogP contribution in [0.25, 0.3) is 11.1 Å². The van der Waals surface area contributed by atoms with Crippen molar-refractivity contribution in [1.82, 2.24) is 31.9 Å². The van der Waals surface area contributed by atoms with E-state index in [0.29, 0.717) is 0 Å². The molecule has 0 unspecified atom stereocenters. The molecule has 2 aromatic rings. The third-order valence-electron chi connectivity index (χ3n) is 25.0. The first-order chi connectivity index (χ1) is 65.1. The van der Waals surface area contributed by atoms with Gasteiger partial charge in [0.2, 0.25) is 29.5 Å². The van der Waals surface area contributed by atoms with E-state index in [-0.39, 0.29) is 6.61 Å². The van der Waals surface area contributed by atoms with Gasteiger partial charge in [0.1, 0.15) is 232 Å². The number of carboxylic acid groups (broad SMARTS) is 1. The van der Waals surface area contributed by atoms with Crippen LogP contribution in [0, 0.1) is 0 Å². The first-order valence-corrected chi connectivity index (χ1v) is 43.7. The zero-order chi connectivity index (χ0) is 99.9. The van der Waals surface area contributed by atoms with Crippen LogP contribution in [0.3, 0.4) is 0 Å². The molecule has 31 N–H and O–H groups in total. The molecule has 0 bridgehead atoms. The van der Waals surface area contributed by atoms with Gasteiger partial charge in [-0.15, -0.1) is 0 Å². The van der Waals surface area contributed by atoms with Gasteiger partial charge in [-0.1, -0.05) is 48.5 Å². The van der Waals surface area contributed by atoms with Crippen LogP contribution in [0.15, 0.2) is 48.5 Å². The van der Waals surface area contributed by atoms with Crippen molar-refractivity contribution in [1.29, 1.82) is 0 Å². The van der Waals surface area contributed by atoms with Crippen molar-refractivity contribution in [3.63, 3.8) is 0 Å². The highest BCUT2D eigenvalue weighted by atomic mass is 16.8. The number of carboxylic acids is 1. The fourth-order valence-corrected chi connectivity index (χ4v) is 18.0. The fourth-order valence-electron chi connectivity index (χ4n) is 18.0. The van der Waals surface area contributed by atoms with Gasteiger partial charge in [-0.25, -0.2) is 9.59 Å². The number of fused-ring (bicyclic) bond motifs is 3.